The average Bonchev–Trinajstić information content (AvgIpc) is 2.32. The standard InChI is InChI=1S/C13H15BrO/c1-7-5-9(14)8(2)11-10(15)6-13(3,4)12(7)11/h5H,6H2,1-4H3. The molecule has 0 saturated carbocycles. The van der Waals surface area contributed by atoms with Crippen molar-refractivity contribution in [3.63, 3.8) is 0 Å². The SMILES string of the molecule is Cc1cc(Br)c(C)c2c1C(C)(C)CC2=O. The number of ketones is 1. The first-order valence-corrected chi connectivity index (χ1v) is 5.97. The number of carbonyl (C=O) groups is 1. The Balaban J connectivity index is 2.84. The van der Waals surface area contributed by atoms with Gasteiger partial charge in [-0.2, -0.15) is 0 Å². The summed E-state index contributed by atoms with van der Waals surface area (Å²) in [5.74, 6) is 0.289. The molecule has 0 fully saturated rings. The minimum Gasteiger partial charge on any atom is -0.294 e. The number of benzene rings is 1. The van der Waals surface area contributed by atoms with Crippen LogP contribution in [0.3, 0.4) is 0 Å². The monoisotopic (exact) mass is 266 g/mol. The van der Waals surface area contributed by atoms with Crippen LogP contribution in [0.15, 0.2) is 10.5 Å². The van der Waals surface area contributed by atoms with Crippen molar-refractivity contribution in [2.45, 2.75) is 39.5 Å². The van der Waals surface area contributed by atoms with Crippen molar-refractivity contribution in [2.24, 2.45) is 0 Å². The van der Waals surface area contributed by atoms with E-state index in [1.54, 1.807) is 0 Å². The van der Waals surface area contributed by atoms with Gasteiger partial charge in [-0.3, -0.25) is 4.79 Å². The lowest BCUT2D eigenvalue weighted by molar-refractivity contribution is 0.0979. The molecule has 15 heavy (non-hydrogen) atoms. The van der Waals surface area contributed by atoms with Crippen molar-refractivity contribution in [1.82, 2.24) is 0 Å². The number of fused-ring (bicyclic) bond motifs is 1. The van der Waals surface area contributed by atoms with E-state index in [1.165, 1.54) is 11.1 Å². The van der Waals surface area contributed by atoms with Crippen LogP contribution >= 0.6 is 15.9 Å². The van der Waals surface area contributed by atoms with Gasteiger partial charge < -0.3 is 0 Å². The highest BCUT2D eigenvalue weighted by molar-refractivity contribution is 9.10. The van der Waals surface area contributed by atoms with Crippen LogP contribution in [0.2, 0.25) is 0 Å². The maximum absolute atomic E-state index is 12.0. The van der Waals surface area contributed by atoms with Crippen molar-refractivity contribution in [3.8, 4) is 0 Å². The van der Waals surface area contributed by atoms with Crippen LogP contribution in [0.4, 0.5) is 0 Å². The summed E-state index contributed by atoms with van der Waals surface area (Å²) in [6.07, 6.45) is 0.639. The normalized spacial score (nSPS) is 18.1. The Morgan fingerprint density at radius 1 is 1.33 bits per heavy atom. The predicted octanol–water partition coefficient (Wildman–Crippen LogP) is 3.93. The molecule has 1 aromatic carbocycles. The fraction of sp³-hybridized carbons (Fsp3) is 0.462. The number of hydrogen-bond acceptors (Lipinski definition) is 1. The van der Waals surface area contributed by atoms with Crippen LogP contribution in [0.25, 0.3) is 0 Å². The van der Waals surface area contributed by atoms with Crippen LogP contribution in [0.1, 0.15) is 47.3 Å². The van der Waals surface area contributed by atoms with Crippen LogP contribution in [0.5, 0.6) is 0 Å². The van der Waals surface area contributed by atoms with Crippen LogP contribution in [0, 0.1) is 13.8 Å². The molecule has 1 aromatic rings. The molecule has 0 heterocycles. The molecular formula is C13H15BrO. The van der Waals surface area contributed by atoms with E-state index in [1.807, 2.05) is 6.92 Å². The van der Waals surface area contributed by atoms with Gasteiger partial charge in [0.05, 0.1) is 0 Å². The minimum absolute atomic E-state index is 0.00194. The predicted molar refractivity (Wildman–Crippen MR) is 65.6 cm³/mol. The third kappa shape index (κ3) is 1.46. The van der Waals surface area contributed by atoms with E-state index < -0.39 is 0 Å². The van der Waals surface area contributed by atoms with Crippen molar-refractivity contribution in [2.75, 3.05) is 0 Å². The first-order chi connectivity index (χ1) is 6.84. The van der Waals surface area contributed by atoms with Gasteiger partial charge in [0, 0.05) is 16.5 Å². The third-order valence-corrected chi connectivity index (χ3v) is 4.10. The molecule has 0 unspecified atom stereocenters. The summed E-state index contributed by atoms with van der Waals surface area (Å²) in [5, 5.41) is 0. The number of rotatable bonds is 0. The zero-order valence-corrected chi connectivity index (χ0v) is 11.2. The molecule has 2 rings (SSSR count). The molecule has 0 aliphatic heterocycles. The highest BCUT2D eigenvalue weighted by Crippen LogP contribution is 2.43. The zero-order chi connectivity index (χ0) is 11.4. The molecule has 1 aliphatic carbocycles. The molecule has 0 saturated heterocycles. The molecule has 1 aliphatic rings. The van der Waals surface area contributed by atoms with E-state index in [0.717, 1.165) is 15.6 Å². The summed E-state index contributed by atoms with van der Waals surface area (Å²) >= 11 is 3.51. The molecule has 0 radical (unpaired) electrons. The smallest absolute Gasteiger partial charge is 0.164 e. The van der Waals surface area contributed by atoms with E-state index in [2.05, 4.69) is 42.8 Å². The molecule has 80 valence electrons. The Hall–Kier alpha value is -0.630. The number of halogens is 1. The van der Waals surface area contributed by atoms with Crippen LogP contribution in [-0.2, 0) is 5.41 Å². The van der Waals surface area contributed by atoms with Gasteiger partial charge in [0.1, 0.15) is 0 Å². The molecule has 1 nitrogen and oxygen atoms in total. The summed E-state index contributed by atoms with van der Waals surface area (Å²) in [5.41, 5.74) is 4.51. The maximum atomic E-state index is 12.0. The summed E-state index contributed by atoms with van der Waals surface area (Å²) < 4.78 is 1.05. The Morgan fingerprint density at radius 2 is 1.93 bits per heavy atom. The first kappa shape index (κ1) is 10.9. The lowest BCUT2D eigenvalue weighted by Gasteiger charge is -2.21. The van der Waals surface area contributed by atoms with Crippen molar-refractivity contribution >= 4 is 21.7 Å². The van der Waals surface area contributed by atoms with E-state index in [4.69, 9.17) is 0 Å². The van der Waals surface area contributed by atoms with Gasteiger partial charge in [-0.25, -0.2) is 0 Å². The Kier molecular flexibility index (Phi) is 2.30. The lowest BCUT2D eigenvalue weighted by atomic mass is 9.83. The Bertz CT molecular complexity index is 458. The van der Waals surface area contributed by atoms with Gasteiger partial charge in [0.15, 0.2) is 5.78 Å². The molecule has 0 N–H and O–H groups in total. The summed E-state index contributed by atoms with van der Waals surface area (Å²) in [7, 11) is 0. The van der Waals surface area contributed by atoms with Gasteiger partial charge in [-0.15, -0.1) is 0 Å². The molecule has 0 spiro atoms. The van der Waals surface area contributed by atoms with Gasteiger partial charge in [0.2, 0.25) is 0 Å². The summed E-state index contributed by atoms with van der Waals surface area (Å²) in [6, 6.07) is 2.12. The second kappa shape index (κ2) is 3.18. The Morgan fingerprint density at radius 3 is 2.53 bits per heavy atom. The highest BCUT2D eigenvalue weighted by Gasteiger charge is 2.38. The topological polar surface area (TPSA) is 17.1 Å². The summed E-state index contributed by atoms with van der Waals surface area (Å²) in [6.45, 7) is 8.40. The highest BCUT2D eigenvalue weighted by atomic mass is 79.9. The zero-order valence-electron chi connectivity index (χ0n) is 9.57. The number of carbonyl (C=O) groups excluding carboxylic acids is 1. The third-order valence-electron chi connectivity index (χ3n) is 3.28. The molecule has 0 aromatic heterocycles. The van der Waals surface area contributed by atoms with Crippen molar-refractivity contribution < 1.29 is 4.79 Å². The van der Waals surface area contributed by atoms with Gasteiger partial charge in [-0.1, -0.05) is 29.8 Å². The fourth-order valence-electron chi connectivity index (χ4n) is 2.67. The minimum atomic E-state index is 0.00194. The van der Waals surface area contributed by atoms with Crippen molar-refractivity contribution in [3.05, 3.63) is 32.8 Å². The van der Waals surface area contributed by atoms with E-state index in [9.17, 15) is 4.79 Å². The second-order valence-corrected chi connectivity index (χ2v) is 5.89. The molecule has 0 amide bonds. The second-order valence-electron chi connectivity index (χ2n) is 5.03. The molecule has 0 bridgehead atoms. The van der Waals surface area contributed by atoms with E-state index in [-0.39, 0.29) is 11.2 Å². The average molecular weight is 267 g/mol. The fourth-order valence-corrected chi connectivity index (χ4v) is 3.22. The number of hydrogen-bond donors (Lipinski definition) is 0. The molecule has 0 atom stereocenters. The maximum Gasteiger partial charge on any atom is 0.164 e. The summed E-state index contributed by atoms with van der Waals surface area (Å²) in [4.78, 5) is 12.0. The van der Waals surface area contributed by atoms with E-state index in [0.29, 0.717) is 6.42 Å². The van der Waals surface area contributed by atoms with Crippen LogP contribution in [-0.4, -0.2) is 5.78 Å². The molecular weight excluding hydrogens is 252 g/mol. The van der Waals surface area contributed by atoms with Gasteiger partial charge in [-0.05, 0) is 42.0 Å². The van der Waals surface area contributed by atoms with Crippen LogP contribution < -0.4 is 0 Å². The Labute approximate surface area is 99.0 Å². The van der Waals surface area contributed by atoms with Gasteiger partial charge >= 0.3 is 0 Å². The quantitative estimate of drug-likeness (QED) is 0.696. The van der Waals surface area contributed by atoms with Gasteiger partial charge in [0.25, 0.3) is 0 Å². The first-order valence-electron chi connectivity index (χ1n) is 5.18. The van der Waals surface area contributed by atoms with Crippen molar-refractivity contribution in [1.29, 1.82) is 0 Å². The van der Waals surface area contributed by atoms with E-state index >= 15 is 0 Å². The number of Topliss-reactive ketones (excluding diaryl/α,β-unsaturated/α-hetero) is 1. The largest absolute Gasteiger partial charge is 0.294 e. The number of aryl methyl sites for hydroxylation is 1. The lowest BCUT2D eigenvalue weighted by Crippen LogP contribution is -2.14. The molecule has 2 heteroatoms.